The molecule has 0 aliphatic heterocycles. The Balaban J connectivity index is 1.17. The molecule has 0 saturated heterocycles. The minimum Gasteiger partial charge on any atom is -0.457 e. The SMILES string of the molecule is CN(C(=O)CN(CC(=O)NC1Cc2ccccc2C1)C(=O)c1cc2c(F)cccc2[nH]1)c1ccc(Oc2ccccc2)cc1. The number of carbonyl (C=O) groups is 3. The maximum Gasteiger partial charge on any atom is 0.271 e. The average Bonchev–Trinajstić information content (AvgIpc) is 3.65. The maximum absolute atomic E-state index is 14.4. The molecule has 1 aliphatic carbocycles. The van der Waals surface area contributed by atoms with E-state index in [-0.39, 0.29) is 36.1 Å². The van der Waals surface area contributed by atoms with Gasteiger partial charge in [-0.05, 0) is 78.6 Å². The zero-order chi connectivity index (χ0) is 30.6. The molecule has 0 saturated carbocycles. The molecule has 0 atom stereocenters. The summed E-state index contributed by atoms with van der Waals surface area (Å²) in [5.74, 6) is -0.545. The van der Waals surface area contributed by atoms with Gasteiger partial charge in [0, 0.05) is 29.7 Å². The molecule has 222 valence electrons. The number of nitrogens with one attached hydrogen (secondary N) is 2. The number of ether oxygens (including phenoxy) is 1. The number of fused-ring (bicyclic) bond motifs is 2. The number of hydrogen-bond donors (Lipinski definition) is 2. The Morgan fingerprint density at radius 1 is 0.841 bits per heavy atom. The topological polar surface area (TPSA) is 94.7 Å². The first-order valence-corrected chi connectivity index (χ1v) is 14.4. The molecule has 0 radical (unpaired) electrons. The van der Waals surface area contributed by atoms with Gasteiger partial charge < -0.3 is 24.8 Å². The number of nitrogens with zero attached hydrogens (tertiary/aromatic N) is 2. The molecule has 0 fully saturated rings. The minimum atomic E-state index is -0.584. The van der Waals surface area contributed by atoms with Gasteiger partial charge in [-0.2, -0.15) is 0 Å². The molecule has 0 bridgehead atoms. The van der Waals surface area contributed by atoms with Crippen molar-refractivity contribution >= 4 is 34.3 Å². The largest absolute Gasteiger partial charge is 0.457 e. The predicted octanol–water partition coefficient (Wildman–Crippen LogP) is 5.49. The van der Waals surface area contributed by atoms with Gasteiger partial charge >= 0.3 is 0 Å². The first-order valence-electron chi connectivity index (χ1n) is 14.4. The molecule has 1 heterocycles. The third kappa shape index (κ3) is 6.32. The number of halogens is 1. The fraction of sp³-hybridized carbons (Fsp3) is 0.171. The summed E-state index contributed by atoms with van der Waals surface area (Å²) in [4.78, 5) is 45.9. The lowest BCUT2D eigenvalue weighted by molar-refractivity contribution is -0.123. The van der Waals surface area contributed by atoms with Crippen LogP contribution in [0, 0.1) is 5.82 Å². The molecule has 5 aromatic rings. The van der Waals surface area contributed by atoms with E-state index in [2.05, 4.69) is 10.3 Å². The first kappa shape index (κ1) is 28.7. The molecule has 6 rings (SSSR count). The highest BCUT2D eigenvalue weighted by molar-refractivity contribution is 6.03. The van der Waals surface area contributed by atoms with Crippen LogP contribution in [0.15, 0.2) is 103 Å². The Morgan fingerprint density at radius 2 is 1.50 bits per heavy atom. The van der Waals surface area contributed by atoms with E-state index < -0.39 is 17.6 Å². The van der Waals surface area contributed by atoms with Crippen molar-refractivity contribution in [2.45, 2.75) is 18.9 Å². The standard InChI is InChI=1S/C35H31FN4O4/c1-39(26-14-16-28(17-15-26)44-27-10-3-2-4-11-27)34(42)22-40(35(43)32-20-29-30(36)12-7-13-31(29)38-32)21-33(41)37-25-18-23-8-5-6-9-24(23)19-25/h2-17,20,25,38H,18-19,21-22H2,1H3,(H,37,41). The number of rotatable bonds is 9. The van der Waals surface area contributed by atoms with Crippen LogP contribution in [-0.4, -0.2) is 53.8 Å². The number of para-hydroxylation sites is 1. The van der Waals surface area contributed by atoms with E-state index in [4.69, 9.17) is 4.74 Å². The molecule has 2 N–H and O–H groups in total. The van der Waals surface area contributed by atoms with Crippen molar-refractivity contribution < 1.29 is 23.5 Å². The van der Waals surface area contributed by atoms with Crippen LogP contribution in [-0.2, 0) is 22.4 Å². The molecule has 44 heavy (non-hydrogen) atoms. The van der Waals surface area contributed by atoms with Crippen LogP contribution in [0.2, 0.25) is 0 Å². The molecule has 4 aromatic carbocycles. The number of anilines is 1. The summed E-state index contributed by atoms with van der Waals surface area (Å²) in [6.45, 7) is -0.708. The van der Waals surface area contributed by atoms with Gasteiger partial charge in [-0.25, -0.2) is 4.39 Å². The maximum atomic E-state index is 14.4. The van der Waals surface area contributed by atoms with Crippen LogP contribution < -0.4 is 15.0 Å². The average molecular weight is 591 g/mol. The summed E-state index contributed by atoms with van der Waals surface area (Å²) >= 11 is 0. The van der Waals surface area contributed by atoms with E-state index in [1.807, 2.05) is 54.6 Å². The number of aromatic amines is 1. The first-order chi connectivity index (χ1) is 21.3. The Labute approximate surface area is 254 Å². The number of hydrogen-bond acceptors (Lipinski definition) is 4. The number of likely N-dealkylation sites (N-methyl/N-ethyl adjacent to an activating group) is 1. The van der Waals surface area contributed by atoms with Crippen LogP contribution in [0.25, 0.3) is 10.9 Å². The zero-order valence-corrected chi connectivity index (χ0v) is 24.1. The monoisotopic (exact) mass is 590 g/mol. The lowest BCUT2D eigenvalue weighted by Gasteiger charge is -2.25. The quantitative estimate of drug-likeness (QED) is 0.238. The highest BCUT2D eigenvalue weighted by Crippen LogP contribution is 2.25. The van der Waals surface area contributed by atoms with E-state index in [9.17, 15) is 18.8 Å². The van der Waals surface area contributed by atoms with Gasteiger partial charge in [-0.3, -0.25) is 14.4 Å². The third-order valence-electron chi connectivity index (χ3n) is 7.78. The summed E-state index contributed by atoms with van der Waals surface area (Å²) < 4.78 is 20.2. The molecular weight excluding hydrogens is 559 g/mol. The van der Waals surface area contributed by atoms with Crippen LogP contribution in [0.1, 0.15) is 21.6 Å². The summed E-state index contributed by atoms with van der Waals surface area (Å²) in [5, 5.41) is 3.27. The summed E-state index contributed by atoms with van der Waals surface area (Å²) in [6, 6.07) is 30.2. The molecular formula is C35H31FN4O4. The highest BCUT2D eigenvalue weighted by Gasteiger charge is 2.28. The van der Waals surface area contributed by atoms with Crippen molar-refractivity contribution in [2.24, 2.45) is 0 Å². The van der Waals surface area contributed by atoms with Gasteiger partial charge in [0.25, 0.3) is 5.91 Å². The number of H-pyrrole nitrogens is 1. The number of carbonyl (C=O) groups excluding carboxylic acids is 3. The lowest BCUT2D eigenvalue weighted by Crippen LogP contribution is -2.48. The fourth-order valence-corrected chi connectivity index (χ4v) is 5.49. The Hall–Kier alpha value is -5.44. The van der Waals surface area contributed by atoms with Crippen LogP contribution >= 0.6 is 0 Å². The summed E-state index contributed by atoms with van der Waals surface area (Å²) in [6.07, 6.45) is 1.39. The predicted molar refractivity (Wildman–Crippen MR) is 166 cm³/mol. The van der Waals surface area contributed by atoms with Crippen LogP contribution in [0.5, 0.6) is 11.5 Å². The molecule has 0 unspecified atom stereocenters. The smallest absolute Gasteiger partial charge is 0.271 e. The molecule has 8 nitrogen and oxygen atoms in total. The van der Waals surface area contributed by atoms with Crippen molar-refractivity contribution in [3.63, 3.8) is 0 Å². The number of benzene rings is 4. The Morgan fingerprint density at radius 3 is 2.18 bits per heavy atom. The fourth-order valence-electron chi connectivity index (χ4n) is 5.49. The molecule has 0 spiro atoms. The van der Waals surface area contributed by atoms with Gasteiger partial charge in [0.1, 0.15) is 36.1 Å². The normalized spacial score (nSPS) is 12.5. The lowest BCUT2D eigenvalue weighted by atomic mass is 10.1. The molecule has 1 aromatic heterocycles. The second-order valence-corrected chi connectivity index (χ2v) is 10.8. The van der Waals surface area contributed by atoms with Crippen molar-refractivity contribution in [3.05, 3.63) is 126 Å². The van der Waals surface area contributed by atoms with Crippen molar-refractivity contribution in [1.29, 1.82) is 0 Å². The van der Waals surface area contributed by atoms with E-state index in [1.165, 1.54) is 33.1 Å². The second-order valence-electron chi connectivity index (χ2n) is 10.8. The van der Waals surface area contributed by atoms with Gasteiger partial charge in [0.05, 0.1) is 0 Å². The van der Waals surface area contributed by atoms with Gasteiger partial charge in [0.15, 0.2) is 0 Å². The summed E-state index contributed by atoms with van der Waals surface area (Å²) in [5.41, 5.74) is 3.49. The minimum absolute atomic E-state index is 0.0871. The molecule has 9 heteroatoms. The molecule has 3 amide bonds. The number of amides is 3. The molecule has 1 aliphatic rings. The van der Waals surface area contributed by atoms with Crippen molar-refractivity contribution in [3.8, 4) is 11.5 Å². The van der Waals surface area contributed by atoms with E-state index in [0.717, 1.165) is 0 Å². The Bertz CT molecular complexity index is 1800. The zero-order valence-electron chi connectivity index (χ0n) is 24.1. The third-order valence-corrected chi connectivity index (χ3v) is 7.78. The van der Waals surface area contributed by atoms with E-state index in [0.29, 0.717) is 35.5 Å². The van der Waals surface area contributed by atoms with Crippen molar-refractivity contribution in [1.82, 2.24) is 15.2 Å². The second kappa shape index (κ2) is 12.4. The number of aromatic nitrogens is 1. The van der Waals surface area contributed by atoms with Gasteiger partial charge in [0.2, 0.25) is 11.8 Å². The van der Waals surface area contributed by atoms with Crippen molar-refractivity contribution in [2.75, 3.05) is 25.0 Å². The Kier molecular flexibility index (Phi) is 8.10. The van der Waals surface area contributed by atoms with Crippen LogP contribution in [0.4, 0.5) is 10.1 Å². The van der Waals surface area contributed by atoms with Gasteiger partial charge in [-0.1, -0.05) is 48.5 Å². The van der Waals surface area contributed by atoms with E-state index in [1.54, 1.807) is 43.4 Å². The van der Waals surface area contributed by atoms with Crippen LogP contribution in [0.3, 0.4) is 0 Å². The summed E-state index contributed by atoms with van der Waals surface area (Å²) in [7, 11) is 1.60. The highest BCUT2D eigenvalue weighted by atomic mass is 19.1. The van der Waals surface area contributed by atoms with Gasteiger partial charge in [-0.15, -0.1) is 0 Å². The van der Waals surface area contributed by atoms with E-state index >= 15 is 0 Å².